The number of rotatable bonds is 3. The van der Waals surface area contributed by atoms with Crippen molar-refractivity contribution in [2.75, 3.05) is 0 Å². The first-order chi connectivity index (χ1) is 11.3. The molecule has 0 fully saturated rings. The van der Waals surface area contributed by atoms with Gasteiger partial charge in [0.25, 0.3) is 0 Å². The zero-order valence-corrected chi connectivity index (χ0v) is 14.7. The minimum Gasteiger partial charge on any atom is -0.349 e. The molecule has 0 spiro atoms. The molecule has 5 heteroatoms. The van der Waals surface area contributed by atoms with Crippen molar-refractivity contribution in [1.29, 1.82) is 0 Å². The lowest BCUT2D eigenvalue weighted by Crippen LogP contribution is -2.18. The van der Waals surface area contributed by atoms with Gasteiger partial charge in [-0.2, -0.15) is 0 Å². The first kappa shape index (κ1) is 16.5. The zero-order valence-electron chi connectivity index (χ0n) is 13.9. The Hall–Kier alpha value is -2.40. The molecule has 3 aromatic rings. The molecule has 0 radical (unpaired) electrons. The number of benzene rings is 2. The maximum atomic E-state index is 12.9. The second-order valence-electron chi connectivity index (χ2n) is 5.95. The Balaban J connectivity index is 2.32. The van der Waals surface area contributed by atoms with Crippen LogP contribution in [0.1, 0.15) is 18.1 Å². The van der Waals surface area contributed by atoms with E-state index in [9.17, 15) is 13.2 Å². The van der Waals surface area contributed by atoms with E-state index in [-0.39, 0.29) is 9.79 Å². The minimum atomic E-state index is -3.85. The number of hydrogen-bond acceptors (Lipinski definition) is 3. The standard InChI is InChI=1S/C19H19NO3S/c1-4-14-7-10-17-16(11-14)19(21)18(12-20(17)3)24(22,23)15-8-5-13(2)6-9-15/h5-12H,4H2,1-3H3. The van der Waals surface area contributed by atoms with Crippen molar-refractivity contribution in [1.82, 2.24) is 4.57 Å². The van der Waals surface area contributed by atoms with Crippen LogP contribution in [0, 0.1) is 6.92 Å². The topological polar surface area (TPSA) is 56.1 Å². The van der Waals surface area contributed by atoms with Gasteiger partial charge in [0.15, 0.2) is 0 Å². The summed E-state index contributed by atoms with van der Waals surface area (Å²) in [5, 5.41) is 0.435. The lowest BCUT2D eigenvalue weighted by molar-refractivity contribution is 0.594. The lowest BCUT2D eigenvalue weighted by Gasteiger charge is -2.11. The summed E-state index contributed by atoms with van der Waals surface area (Å²) in [7, 11) is -2.10. The average molecular weight is 341 g/mol. The van der Waals surface area contributed by atoms with Crippen molar-refractivity contribution in [2.45, 2.75) is 30.1 Å². The van der Waals surface area contributed by atoms with Crippen LogP contribution in [0.2, 0.25) is 0 Å². The van der Waals surface area contributed by atoms with Gasteiger partial charge in [0, 0.05) is 18.6 Å². The molecule has 4 nitrogen and oxygen atoms in total. The van der Waals surface area contributed by atoms with E-state index in [0.717, 1.165) is 23.1 Å². The fourth-order valence-electron chi connectivity index (χ4n) is 2.77. The summed E-state index contributed by atoms with van der Waals surface area (Å²) >= 11 is 0. The van der Waals surface area contributed by atoms with Crippen LogP contribution in [0.25, 0.3) is 10.9 Å². The van der Waals surface area contributed by atoms with Gasteiger partial charge >= 0.3 is 0 Å². The first-order valence-electron chi connectivity index (χ1n) is 7.78. The molecule has 1 aromatic heterocycles. The Morgan fingerprint density at radius 2 is 1.71 bits per heavy atom. The third-order valence-electron chi connectivity index (χ3n) is 4.25. The molecular formula is C19H19NO3S. The van der Waals surface area contributed by atoms with Crippen LogP contribution in [-0.4, -0.2) is 13.0 Å². The van der Waals surface area contributed by atoms with Gasteiger partial charge in [0.2, 0.25) is 15.3 Å². The maximum absolute atomic E-state index is 12.9. The molecule has 0 atom stereocenters. The number of aromatic nitrogens is 1. The van der Waals surface area contributed by atoms with Crippen LogP contribution >= 0.6 is 0 Å². The van der Waals surface area contributed by atoms with Gasteiger partial charge in [0.1, 0.15) is 4.90 Å². The molecule has 1 heterocycles. The molecule has 0 aliphatic heterocycles. The number of fused-ring (bicyclic) bond motifs is 1. The van der Waals surface area contributed by atoms with E-state index < -0.39 is 15.3 Å². The van der Waals surface area contributed by atoms with Gasteiger partial charge in [-0.1, -0.05) is 30.7 Å². The van der Waals surface area contributed by atoms with Crippen molar-refractivity contribution >= 4 is 20.7 Å². The SMILES string of the molecule is CCc1ccc2c(c1)c(=O)c(S(=O)(=O)c1ccc(C)cc1)cn2C. The Labute approximate surface area is 141 Å². The number of nitrogens with zero attached hydrogens (tertiary/aromatic N) is 1. The van der Waals surface area contributed by atoms with Gasteiger partial charge in [-0.05, 0) is 43.2 Å². The molecule has 0 amide bonds. The summed E-state index contributed by atoms with van der Waals surface area (Å²) in [4.78, 5) is 12.8. The summed E-state index contributed by atoms with van der Waals surface area (Å²) in [6.07, 6.45) is 2.19. The van der Waals surface area contributed by atoms with Gasteiger partial charge in [-0.15, -0.1) is 0 Å². The van der Waals surface area contributed by atoms with Crippen molar-refractivity contribution in [3.05, 3.63) is 70.0 Å². The molecule has 0 unspecified atom stereocenters. The third kappa shape index (κ3) is 2.65. The number of sulfone groups is 1. The van der Waals surface area contributed by atoms with Crippen LogP contribution < -0.4 is 5.43 Å². The Bertz CT molecular complexity index is 1080. The van der Waals surface area contributed by atoms with Gasteiger partial charge < -0.3 is 4.57 Å². The Morgan fingerprint density at radius 3 is 2.33 bits per heavy atom. The predicted octanol–water partition coefficient (Wildman–Crippen LogP) is 3.24. The summed E-state index contributed by atoms with van der Waals surface area (Å²) in [6, 6.07) is 12.1. The minimum absolute atomic E-state index is 0.135. The Morgan fingerprint density at radius 1 is 1.04 bits per heavy atom. The quantitative estimate of drug-likeness (QED) is 0.735. The smallest absolute Gasteiger partial charge is 0.211 e. The molecule has 124 valence electrons. The van der Waals surface area contributed by atoms with E-state index >= 15 is 0 Å². The molecule has 0 saturated heterocycles. The predicted molar refractivity (Wildman–Crippen MR) is 95.2 cm³/mol. The van der Waals surface area contributed by atoms with Crippen LogP contribution in [-0.2, 0) is 23.3 Å². The van der Waals surface area contributed by atoms with Crippen molar-refractivity contribution in [3.8, 4) is 0 Å². The van der Waals surface area contributed by atoms with E-state index in [1.807, 2.05) is 26.0 Å². The highest BCUT2D eigenvalue weighted by atomic mass is 32.2. The normalized spacial score (nSPS) is 11.8. The summed E-state index contributed by atoms with van der Waals surface area (Å²) in [5.41, 5.74) is 2.25. The highest BCUT2D eigenvalue weighted by Gasteiger charge is 2.23. The van der Waals surface area contributed by atoms with Crippen molar-refractivity contribution in [2.24, 2.45) is 7.05 Å². The monoisotopic (exact) mass is 341 g/mol. The van der Waals surface area contributed by atoms with Crippen molar-refractivity contribution < 1.29 is 8.42 Å². The van der Waals surface area contributed by atoms with Gasteiger partial charge in [-0.3, -0.25) is 4.79 Å². The third-order valence-corrected chi connectivity index (χ3v) is 6.01. The van der Waals surface area contributed by atoms with E-state index in [4.69, 9.17) is 0 Å². The molecule has 0 bridgehead atoms. The molecule has 0 saturated carbocycles. The van der Waals surface area contributed by atoms with Gasteiger partial charge in [0.05, 0.1) is 10.4 Å². The van der Waals surface area contributed by atoms with Crippen LogP contribution in [0.5, 0.6) is 0 Å². The fraction of sp³-hybridized carbons (Fsp3) is 0.211. The largest absolute Gasteiger partial charge is 0.349 e. The van der Waals surface area contributed by atoms with Gasteiger partial charge in [-0.25, -0.2) is 8.42 Å². The molecule has 0 aliphatic carbocycles. The molecule has 0 N–H and O–H groups in total. The first-order valence-corrected chi connectivity index (χ1v) is 9.27. The summed E-state index contributed by atoms with van der Waals surface area (Å²) < 4.78 is 27.5. The molecule has 24 heavy (non-hydrogen) atoms. The molecule has 2 aromatic carbocycles. The molecule has 0 aliphatic rings. The van der Waals surface area contributed by atoms with E-state index in [1.165, 1.54) is 18.3 Å². The highest BCUT2D eigenvalue weighted by Crippen LogP contribution is 2.21. The van der Waals surface area contributed by atoms with Crippen LogP contribution in [0.4, 0.5) is 0 Å². The molecule has 3 rings (SSSR count). The maximum Gasteiger partial charge on any atom is 0.211 e. The zero-order chi connectivity index (χ0) is 17.5. The van der Waals surface area contributed by atoms with E-state index in [2.05, 4.69) is 0 Å². The lowest BCUT2D eigenvalue weighted by atomic mass is 10.1. The van der Waals surface area contributed by atoms with E-state index in [1.54, 1.807) is 29.8 Å². The number of hydrogen-bond donors (Lipinski definition) is 0. The fourth-order valence-corrected chi connectivity index (χ4v) is 4.16. The van der Waals surface area contributed by atoms with Crippen LogP contribution in [0.3, 0.4) is 0 Å². The summed E-state index contributed by atoms with van der Waals surface area (Å²) in [5.74, 6) is 0. The second kappa shape index (κ2) is 5.91. The highest BCUT2D eigenvalue weighted by molar-refractivity contribution is 7.91. The van der Waals surface area contributed by atoms with Crippen molar-refractivity contribution in [3.63, 3.8) is 0 Å². The number of pyridine rings is 1. The average Bonchev–Trinajstić information content (AvgIpc) is 2.57. The van der Waals surface area contributed by atoms with Crippen LogP contribution in [0.15, 0.2) is 63.2 Å². The van der Waals surface area contributed by atoms with E-state index in [0.29, 0.717) is 5.39 Å². The molecular weight excluding hydrogens is 322 g/mol. The second-order valence-corrected chi connectivity index (χ2v) is 7.87. The Kier molecular flexibility index (Phi) is 4.05. The number of aryl methyl sites for hydroxylation is 3. The summed E-state index contributed by atoms with van der Waals surface area (Å²) in [6.45, 7) is 3.89.